The highest BCUT2D eigenvalue weighted by Gasteiger charge is 2.38. The van der Waals surface area contributed by atoms with Crippen molar-refractivity contribution in [3.63, 3.8) is 0 Å². The number of benzene rings is 1. The van der Waals surface area contributed by atoms with Crippen molar-refractivity contribution < 1.29 is 4.52 Å². The Morgan fingerprint density at radius 2 is 2.10 bits per heavy atom. The predicted octanol–water partition coefficient (Wildman–Crippen LogP) is 3.15. The van der Waals surface area contributed by atoms with Gasteiger partial charge >= 0.3 is 0 Å². The summed E-state index contributed by atoms with van der Waals surface area (Å²) in [6.45, 7) is 4.95. The molecule has 2 atom stereocenters. The molecule has 108 valence electrons. The van der Waals surface area contributed by atoms with Crippen LogP contribution >= 0.6 is 0 Å². The molecule has 0 saturated heterocycles. The van der Waals surface area contributed by atoms with E-state index in [1.807, 2.05) is 18.2 Å². The van der Waals surface area contributed by atoms with E-state index in [0.717, 1.165) is 41.4 Å². The molecule has 3 aromatic rings. The first-order chi connectivity index (χ1) is 10.3. The van der Waals surface area contributed by atoms with E-state index in [2.05, 4.69) is 39.6 Å². The summed E-state index contributed by atoms with van der Waals surface area (Å²) >= 11 is 0. The van der Waals surface area contributed by atoms with E-state index in [-0.39, 0.29) is 0 Å². The van der Waals surface area contributed by atoms with Gasteiger partial charge < -0.3 is 9.09 Å². The quantitative estimate of drug-likeness (QED) is 0.737. The molecular formula is C16H18N4O. The summed E-state index contributed by atoms with van der Waals surface area (Å²) in [5.41, 5.74) is 2.15. The smallest absolute Gasteiger partial charge is 0.230 e. The van der Waals surface area contributed by atoms with Gasteiger partial charge in [-0.1, -0.05) is 31.1 Å². The molecule has 1 aliphatic carbocycles. The van der Waals surface area contributed by atoms with Crippen LogP contribution in [0.3, 0.4) is 0 Å². The molecule has 4 rings (SSSR count). The lowest BCUT2D eigenvalue weighted by Gasteiger charge is -2.04. The van der Waals surface area contributed by atoms with Crippen molar-refractivity contribution >= 4 is 11.0 Å². The predicted molar refractivity (Wildman–Crippen MR) is 79.0 cm³/mol. The zero-order chi connectivity index (χ0) is 14.4. The van der Waals surface area contributed by atoms with E-state index in [1.165, 1.54) is 0 Å². The lowest BCUT2D eigenvalue weighted by atomic mass is 10.3. The van der Waals surface area contributed by atoms with E-state index in [9.17, 15) is 0 Å². The molecule has 0 amide bonds. The maximum atomic E-state index is 5.40. The van der Waals surface area contributed by atoms with Crippen molar-refractivity contribution in [3.05, 3.63) is 41.8 Å². The molecule has 1 saturated carbocycles. The number of imidazole rings is 1. The Morgan fingerprint density at radius 3 is 2.86 bits per heavy atom. The molecule has 2 aromatic heterocycles. The maximum Gasteiger partial charge on any atom is 0.230 e. The second-order valence-corrected chi connectivity index (χ2v) is 5.82. The number of aromatic nitrogens is 4. The van der Waals surface area contributed by atoms with Crippen LogP contribution in [0.1, 0.15) is 43.7 Å². The van der Waals surface area contributed by atoms with Crippen LogP contribution in [0, 0.1) is 5.92 Å². The highest BCUT2D eigenvalue weighted by Crippen LogP contribution is 2.46. The fourth-order valence-electron chi connectivity index (χ4n) is 2.86. The van der Waals surface area contributed by atoms with Gasteiger partial charge in [-0.05, 0) is 24.5 Å². The number of para-hydroxylation sites is 2. The third-order valence-electron chi connectivity index (χ3n) is 4.26. The van der Waals surface area contributed by atoms with Crippen molar-refractivity contribution in [1.82, 2.24) is 19.7 Å². The number of nitrogens with zero attached hydrogens (tertiary/aromatic N) is 4. The van der Waals surface area contributed by atoms with Gasteiger partial charge in [0, 0.05) is 12.3 Å². The molecule has 5 nitrogen and oxygen atoms in total. The van der Waals surface area contributed by atoms with Crippen LogP contribution in [0.2, 0.25) is 0 Å². The lowest BCUT2D eigenvalue weighted by Crippen LogP contribution is -2.05. The molecule has 0 spiro atoms. The van der Waals surface area contributed by atoms with Gasteiger partial charge in [-0.3, -0.25) is 0 Å². The highest BCUT2D eigenvalue weighted by molar-refractivity contribution is 5.75. The molecule has 21 heavy (non-hydrogen) atoms. The van der Waals surface area contributed by atoms with Crippen LogP contribution in [-0.4, -0.2) is 19.7 Å². The Hall–Kier alpha value is -2.17. The molecule has 1 fully saturated rings. The van der Waals surface area contributed by atoms with E-state index >= 15 is 0 Å². The van der Waals surface area contributed by atoms with Gasteiger partial charge in [0.25, 0.3) is 0 Å². The maximum absolute atomic E-state index is 5.40. The summed E-state index contributed by atoms with van der Waals surface area (Å²) in [7, 11) is 0. The standard InChI is InChI=1S/C16H18N4O/c1-3-15-17-12-6-4-5-7-13(12)20(15)9-14-18-16(21-19-14)11-8-10(11)2/h4-7,10-11H,3,8-9H2,1-2H3/t10-,11+/m0/s1. The Bertz CT molecular complexity index is 789. The van der Waals surface area contributed by atoms with E-state index in [0.29, 0.717) is 18.4 Å². The number of aryl methyl sites for hydroxylation is 1. The first-order valence-electron chi connectivity index (χ1n) is 7.53. The lowest BCUT2D eigenvalue weighted by molar-refractivity contribution is 0.370. The first-order valence-corrected chi connectivity index (χ1v) is 7.53. The molecule has 2 heterocycles. The van der Waals surface area contributed by atoms with Crippen LogP contribution in [0.5, 0.6) is 0 Å². The summed E-state index contributed by atoms with van der Waals surface area (Å²) < 4.78 is 7.58. The summed E-state index contributed by atoms with van der Waals surface area (Å²) in [5.74, 6) is 3.74. The second-order valence-electron chi connectivity index (χ2n) is 5.82. The zero-order valence-electron chi connectivity index (χ0n) is 12.3. The van der Waals surface area contributed by atoms with Crippen molar-refractivity contribution in [2.24, 2.45) is 5.92 Å². The normalized spacial score (nSPS) is 21.0. The van der Waals surface area contributed by atoms with Crippen molar-refractivity contribution in [3.8, 4) is 0 Å². The number of rotatable bonds is 4. The topological polar surface area (TPSA) is 56.7 Å². The van der Waals surface area contributed by atoms with Gasteiger partial charge in [-0.15, -0.1) is 0 Å². The molecule has 0 N–H and O–H groups in total. The van der Waals surface area contributed by atoms with Crippen LogP contribution < -0.4 is 0 Å². The molecule has 0 radical (unpaired) electrons. The van der Waals surface area contributed by atoms with Gasteiger partial charge in [0.15, 0.2) is 5.82 Å². The average molecular weight is 282 g/mol. The fourth-order valence-corrected chi connectivity index (χ4v) is 2.86. The van der Waals surface area contributed by atoms with Gasteiger partial charge in [-0.2, -0.15) is 4.98 Å². The van der Waals surface area contributed by atoms with Gasteiger partial charge in [0.1, 0.15) is 5.82 Å². The van der Waals surface area contributed by atoms with E-state index in [1.54, 1.807) is 0 Å². The second kappa shape index (κ2) is 4.69. The Kier molecular flexibility index (Phi) is 2.80. The molecule has 1 aromatic carbocycles. The van der Waals surface area contributed by atoms with Crippen LogP contribution in [0.15, 0.2) is 28.8 Å². The molecular weight excluding hydrogens is 264 g/mol. The molecule has 0 bridgehead atoms. The molecule has 0 unspecified atom stereocenters. The van der Waals surface area contributed by atoms with Crippen LogP contribution in [-0.2, 0) is 13.0 Å². The SMILES string of the molecule is CCc1nc2ccccc2n1Cc1noc([C@@H]2C[C@@H]2C)n1. The third-order valence-corrected chi connectivity index (χ3v) is 4.26. The summed E-state index contributed by atoms with van der Waals surface area (Å²) in [6.07, 6.45) is 2.05. The minimum absolute atomic E-state index is 0.469. The van der Waals surface area contributed by atoms with Gasteiger partial charge in [0.05, 0.1) is 17.6 Å². The van der Waals surface area contributed by atoms with Crippen LogP contribution in [0.4, 0.5) is 0 Å². The summed E-state index contributed by atoms with van der Waals surface area (Å²) in [5, 5.41) is 4.13. The van der Waals surface area contributed by atoms with Gasteiger partial charge in [-0.25, -0.2) is 4.98 Å². The monoisotopic (exact) mass is 282 g/mol. The number of hydrogen-bond acceptors (Lipinski definition) is 4. The van der Waals surface area contributed by atoms with Crippen molar-refractivity contribution in [2.75, 3.05) is 0 Å². The summed E-state index contributed by atoms with van der Waals surface area (Å²) in [6, 6.07) is 8.18. The molecule has 1 aliphatic rings. The van der Waals surface area contributed by atoms with Crippen LogP contribution in [0.25, 0.3) is 11.0 Å². The zero-order valence-corrected chi connectivity index (χ0v) is 12.3. The van der Waals surface area contributed by atoms with Crippen molar-refractivity contribution in [2.45, 2.75) is 39.2 Å². The highest BCUT2D eigenvalue weighted by atomic mass is 16.5. The van der Waals surface area contributed by atoms with E-state index < -0.39 is 0 Å². The molecule has 5 heteroatoms. The minimum Gasteiger partial charge on any atom is -0.339 e. The number of fused-ring (bicyclic) bond motifs is 1. The van der Waals surface area contributed by atoms with E-state index in [4.69, 9.17) is 4.52 Å². The Labute approximate surface area is 123 Å². The van der Waals surface area contributed by atoms with Crippen molar-refractivity contribution in [1.29, 1.82) is 0 Å². The third kappa shape index (κ3) is 2.13. The Morgan fingerprint density at radius 1 is 1.29 bits per heavy atom. The fraction of sp³-hybridized carbons (Fsp3) is 0.438. The number of hydrogen-bond donors (Lipinski definition) is 0. The molecule has 0 aliphatic heterocycles. The minimum atomic E-state index is 0.469. The van der Waals surface area contributed by atoms with Gasteiger partial charge in [0.2, 0.25) is 5.89 Å². The largest absolute Gasteiger partial charge is 0.339 e. The Balaban J connectivity index is 1.68. The first kappa shape index (κ1) is 12.6. The summed E-state index contributed by atoms with van der Waals surface area (Å²) in [4.78, 5) is 9.22. The average Bonchev–Trinajstić information content (AvgIpc) is 2.94.